The van der Waals surface area contributed by atoms with Gasteiger partial charge in [-0.25, -0.2) is 0 Å². The summed E-state index contributed by atoms with van der Waals surface area (Å²) >= 11 is 0. The van der Waals surface area contributed by atoms with E-state index in [1.807, 2.05) is 6.08 Å². The molecular weight excluding hydrogens is 647 g/mol. The Bertz CT molecular complexity index is 813. The standard InChI is InChI=1S/C46H87NO5/c1-3-5-7-9-11-13-15-18-22-26-30-34-38-44(49)43(42-48)47-45(50)39-35-31-27-23-19-17-21-25-29-33-37-41-52-46(51)40-36-32-28-24-20-16-14-12-10-8-6-4-2/h12,14,34,38,43-44,48-49H,3-11,13,15-33,35-37,39-42H2,1-2H3,(H,47,50)/b14-12-,38-34+. The minimum absolute atomic E-state index is 0.0264. The van der Waals surface area contributed by atoms with Crippen molar-refractivity contribution in [3.8, 4) is 0 Å². The van der Waals surface area contributed by atoms with Gasteiger partial charge >= 0.3 is 5.97 Å². The van der Waals surface area contributed by atoms with Crippen LogP contribution in [0.1, 0.15) is 232 Å². The molecule has 6 nitrogen and oxygen atoms in total. The number of aliphatic hydroxyl groups is 2. The molecule has 6 heteroatoms. The summed E-state index contributed by atoms with van der Waals surface area (Å²) < 4.78 is 5.43. The summed E-state index contributed by atoms with van der Waals surface area (Å²) in [4.78, 5) is 24.3. The normalized spacial score (nSPS) is 12.9. The second-order valence-electron chi connectivity index (χ2n) is 15.4. The van der Waals surface area contributed by atoms with E-state index in [4.69, 9.17) is 4.74 Å². The Morgan fingerprint density at radius 2 is 0.904 bits per heavy atom. The predicted octanol–water partition coefficient (Wildman–Crippen LogP) is 12.8. The first-order valence-corrected chi connectivity index (χ1v) is 22.6. The maximum atomic E-state index is 12.4. The van der Waals surface area contributed by atoms with Gasteiger partial charge in [0.15, 0.2) is 0 Å². The minimum Gasteiger partial charge on any atom is -0.466 e. The molecule has 0 aromatic carbocycles. The van der Waals surface area contributed by atoms with Gasteiger partial charge in [-0.15, -0.1) is 0 Å². The van der Waals surface area contributed by atoms with E-state index < -0.39 is 12.1 Å². The van der Waals surface area contributed by atoms with Gasteiger partial charge in [0.25, 0.3) is 0 Å². The van der Waals surface area contributed by atoms with Crippen molar-refractivity contribution in [3.63, 3.8) is 0 Å². The first-order valence-electron chi connectivity index (χ1n) is 22.6. The molecule has 3 N–H and O–H groups in total. The fourth-order valence-electron chi connectivity index (χ4n) is 6.68. The Labute approximate surface area is 322 Å². The Morgan fingerprint density at radius 3 is 1.40 bits per heavy atom. The molecule has 0 saturated heterocycles. The van der Waals surface area contributed by atoms with Crippen LogP contribution in [-0.4, -0.2) is 47.4 Å². The van der Waals surface area contributed by atoms with Gasteiger partial charge in [0.05, 0.1) is 25.4 Å². The maximum absolute atomic E-state index is 12.4. The highest BCUT2D eigenvalue weighted by Crippen LogP contribution is 2.14. The minimum atomic E-state index is -0.855. The summed E-state index contributed by atoms with van der Waals surface area (Å²) in [6, 6.07) is -0.640. The lowest BCUT2D eigenvalue weighted by Gasteiger charge is -2.20. The molecule has 0 aliphatic heterocycles. The van der Waals surface area contributed by atoms with Crippen molar-refractivity contribution < 1.29 is 24.5 Å². The molecule has 0 spiro atoms. The van der Waals surface area contributed by atoms with Crippen LogP contribution in [0.2, 0.25) is 0 Å². The van der Waals surface area contributed by atoms with Crippen LogP contribution < -0.4 is 5.32 Å². The van der Waals surface area contributed by atoms with E-state index in [-0.39, 0.29) is 18.5 Å². The van der Waals surface area contributed by atoms with Crippen molar-refractivity contribution >= 4 is 11.9 Å². The van der Waals surface area contributed by atoms with Crippen LogP contribution in [0.5, 0.6) is 0 Å². The fourth-order valence-corrected chi connectivity index (χ4v) is 6.68. The molecule has 0 rings (SSSR count). The van der Waals surface area contributed by atoms with Gasteiger partial charge in [-0.2, -0.15) is 0 Å². The number of unbranched alkanes of at least 4 members (excludes halogenated alkanes) is 28. The highest BCUT2D eigenvalue weighted by molar-refractivity contribution is 5.76. The summed E-state index contributed by atoms with van der Waals surface area (Å²) in [6.45, 7) is 4.81. The molecule has 0 fully saturated rings. The van der Waals surface area contributed by atoms with Crippen molar-refractivity contribution in [2.75, 3.05) is 13.2 Å². The summed E-state index contributed by atoms with van der Waals surface area (Å²) in [6.07, 6.45) is 47.3. The third-order valence-electron chi connectivity index (χ3n) is 10.2. The van der Waals surface area contributed by atoms with Crippen molar-refractivity contribution in [2.24, 2.45) is 0 Å². The van der Waals surface area contributed by atoms with E-state index in [0.717, 1.165) is 57.8 Å². The van der Waals surface area contributed by atoms with E-state index in [2.05, 4.69) is 31.3 Å². The molecule has 0 bridgehead atoms. The average Bonchev–Trinajstić information content (AvgIpc) is 3.14. The zero-order valence-corrected chi connectivity index (χ0v) is 34.5. The molecule has 2 atom stereocenters. The third-order valence-corrected chi connectivity index (χ3v) is 10.2. The van der Waals surface area contributed by atoms with Gasteiger partial charge in [-0.3, -0.25) is 9.59 Å². The molecule has 0 aromatic rings. The number of aliphatic hydroxyl groups excluding tert-OH is 2. The van der Waals surface area contributed by atoms with Crippen molar-refractivity contribution in [1.82, 2.24) is 5.32 Å². The van der Waals surface area contributed by atoms with Gasteiger partial charge in [0, 0.05) is 12.8 Å². The lowest BCUT2D eigenvalue weighted by molar-refractivity contribution is -0.143. The third kappa shape index (κ3) is 38.1. The molecule has 0 saturated carbocycles. The number of nitrogens with one attached hydrogen (secondary N) is 1. The second-order valence-corrected chi connectivity index (χ2v) is 15.4. The Balaban J connectivity index is 3.52. The lowest BCUT2D eigenvalue weighted by atomic mass is 10.0. The number of ether oxygens (including phenoxy) is 1. The molecule has 0 radical (unpaired) electrons. The molecule has 0 aliphatic carbocycles. The Hall–Kier alpha value is -1.66. The van der Waals surface area contributed by atoms with Gasteiger partial charge in [0.1, 0.15) is 0 Å². The molecule has 306 valence electrons. The number of carbonyl (C=O) groups is 2. The predicted molar refractivity (Wildman–Crippen MR) is 223 cm³/mol. The second kappa shape index (κ2) is 42.1. The fraction of sp³-hybridized carbons (Fsp3) is 0.870. The SMILES string of the molecule is CCCCC/C=C\CCCCCCCC(=O)OCCCCCCCCCCCCCC(=O)NC(CO)C(O)/C=C/CCCCCCCCCCCC. The number of hydrogen-bond acceptors (Lipinski definition) is 5. The van der Waals surface area contributed by atoms with E-state index >= 15 is 0 Å². The monoisotopic (exact) mass is 734 g/mol. The highest BCUT2D eigenvalue weighted by Gasteiger charge is 2.18. The van der Waals surface area contributed by atoms with E-state index in [9.17, 15) is 19.8 Å². The number of rotatable bonds is 41. The summed E-state index contributed by atoms with van der Waals surface area (Å²) in [5.74, 6) is -0.116. The molecule has 2 unspecified atom stereocenters. The van der Waals surface area contributed by atoms with Gasteiger partial charge < -0.3 is 20.3 Å². The molecular formula is C46H87NO5. The van der Waals surface area contributed by atoms with Crippen LogP contribution in [0.3, 0.4) is 0 Å². The average molecular weight is 734 g/mol. The number of esters is 1. The van der Waals surface area contributed by atoms with Crippen molar-refractivity contribution in [2.45, 2.75) is 244 Å². The smallest absolute Gasteiger partial charge is 0.305 e. The lowest BCUT2D eigenvalue weighted by Crippen LogP contribution is -2.45. The molecule has 0 aromatic heterocycles. The van der Waals surface area contributed by atoms with E-state index in [0.29, 0.717) is 19.4 Å². The number of hydrogen-bond donors (Lipinski definition) is 3. The summed E-state index contributed by atoms with van der Waals surface area (Å²) in [5.41, 5.74) is 0. The molecule has 0 aliphatic rings. The van der Waals surface area contributed by atoms with Gasteiger partial charge in [0.2, 0.25) is 5.91 Å². The van der Waals surface area contributed by atoms with E-state index in [1.54, 1.807) is 6.08 Å². The van der Waals surface area contributed by atoms with Crippen LogP contribution >= 0.6 is 0 Å². The van der Waals surface area contributed by atoms with Crippen LogP contribution in [0, 0.1) is 0 Å². The van der Waals surface area contributed by atoms with Crippen molar-refractivity contribution in [3.05, 3.63) is 24.3 Å². The molecule has 1 amide bonds. The van der Waals surface area contributed by atoms with Gasteiger partial charge in [-0.05, 0) is 57.8 Å². The zero-order chi connectivity index (χ0) is 38.0. The van der Waals surface area contributed by atoms with Crippen LogP contribution in [-0.2, 0) is 14.3 Å². The highest BCUT2D eigenvalue weighted by atomic mass is 16.5. The number of amides is 1. The van der Waals surface area contributed by atoms with E-state index in [1.165, 1.54) is 148 Å². The number of carbonyl (C=O) groups excluding carboxylic acids is 2. The quantitative estimate of drug-likeness (QED) is 0.0330. The van der Waals surface area contributed by atoms with Crippen LogP contribution in [0.25, 0.3) is 0 Å². The molecule has 52 heavy (non-hydrogen) atoms. The largest absolute Gasteiger partial charge is 0.466 e. The van der Waals surface area contributed by atoms with Gasteiger partial charge in [-0.1, -0.05) is 186 Å². The first kappa shape index (κ1) is 50.3. The topological polar surface area (TPSA) is 95.9 Å². The first-order chi connectivity index (χ1) is 25.5. The van der Waals surface area contributed by atoms with Crippen molar-refractivity contribution in [1.29, 1.82) is 0 Å². The number of allylic oxidation sites excluding steroid dienone is 3. The Kier molecular flexibility index (Phi) is 40.7. The summed E-state index contributed by atoms with van der Waals surface area (Å²) in [5, 5.41) is 22.9. The van der Waals surface area contributed by atoms with Crippen LogP contribution in [0.15, 0.2) is 24.3 Å². The summed E-state index contributed by atoms with van der Waals surface area (Å²) in [7, 11) is 0. The molecule has 0 heterocycles. The Morgan fingerprint density at radius 1 is 0.519 bits per heavy atom. The zero-order valence-electron chi connectivity index (χ0n) is 34.5. The van der Waals surface area contributed by atoms with Crippen LogP contribution in [0.4, 0.5) is 0 Å². The maximum Gasteiger partial charge on any atom is 0.305 e.